The quantitative estimate of drug-likeness (QED) is 0.774. The van der Waals surface area contributed by atoms with Gasteiger partial charge in [0.2, 0.25) is 0 Å². The Labute approximate surface area is 96.8 Å². The SMILES string of the molecule is CCNC(C(=O)OC)c1ccccc1CC. The lowest BCUT2D eigenvalue weighted by molar-refractivity contribution is -0.143. The van der Waals surface area contributed by atoms with E-state index in [1.807, 2.05) is 31.2 Å². The fraction of sp³-hybridized carbons (Fsp3) is 0.462. The first kappa shape index (κ1) is 12.7. The van der Waals surface area contributed by atoms with Crippen LogP contribution in [0.4, 0.5) is 0 Å². The molecule has 0 aliphatic rings. The van der Waals surface area contributed by atoms with Crippen molar-refractivity contribution < 1.29 is 9.53 Å². The normalized spacial score (nSPS) is 12.2. The monoisotopic (exact) mass is 221 g/mol. The van der Waals surface area contributed by atoms with Crippen LogP contribution in [-0.2, 0) is 16.0 Å². The molecular formula is C13H19NO2. The smallest absolute Gasteiger partial charge is 0.327 e. The molecule has 0 heterocycles. The van der Waals surface area contributed by atoms with E-state index in [1.54, 1.807) is 0 Å². The number of aryl methyl sites for hydroxylation is 1. The summed E-state index contributed by atoms with van der Waals surface area (Å²) in [6.45, 7) is 4.79. The second-order valence-electron chi connectivity index (χ2n) is 3.57. The molecule has 1 unspecified atom stereocenters. The molecule has 0 aliphatic carbocycles. The van der Waals surface area contributed by atoms with E-state index in [0.29, 0.717) is 0 Å². The molecule has 0 bridgehead atoms. The zero-order valence-electron chi connectivity index (χ0n) is 10.1. The minimum absolute atomic E-state index is 0.234. The Bertz CT molecular complexity index is 350. The van der Waals surface area contributed by atoms with E-state index in [-0.39, 0.29) is 12.0 Å². The van der Waals surface area contributed by atoms with Crippen molar-refractivity contribution in [2.24, 2.45) is 0 Å². The van der Waals surface area contributed by atoms with Crippen LogP contribution in [0.5, 0.6) is 0 Å². The molecule has 16 heavy (non-hydrogen) atoms. The zero-order chi connectivity index (χ0) is 12.0. The third-order valence-electron chi connectivity index (χ3n) is 2.59. The largest absolute Gasteiger partial charge is 0.468 e. The van der Waals surface area contributed by atoms with Gasteiger partial charge in [-0.1, -0.05) is 38.1 Å². The van der Waals surface area contributed by atoms with Gasteiger partial charge in [-0.05, 0) is 24.1 Å². The van der Waals surface area contributed by atoms with Crippen LogP contribution in [0.1, 0.15) is 31.0 Å². The van der Waals surface area contributed by atoms with Crippen LogP contribution in [0, 0.1) is 0 Å². The second kappa shape index (κ2) is 6.28. The maximum absolute atomic E-state index is 11.7. The van der Waals surface area contributed by atoms with Crippen LogP contribution in [0.3, 0.4) is 0 Å². The third-order valence-corrected chi connectivity index (χ3v) is 2.59. The molecule has 1 N–H and O–H groups in total. The molecule has 1 aromatic rings. The van der Waals surface area contributed by atoms with E-state index in [2.05, 4.69) is 12.2 Å². The number of rotatable bonds is 5. The summed E-state index contributed by atoms with van der Waals surface area (Å²) < 4.78 is 4.82. The number of methoxy groups -OCH3 is 1. The van der Waals surface area contributed by atoms with E-state index in [0.717, 1.165) is 18.5 Å². The van der Waals surface area contributed by atoms with E-state index >= 15 is 0 Å². The van der Waals surface area contributed by atoms with E-state index in [9.17, 15) is 4.79 Å². The Kier molecular flexibility index (Phi) is 4.99. The Morgan fingerprint density at radius 2 is 2.06 bits per heavy atom. The lowest BCUT2D eigenvalue weighted by atomic mass is 9.98. The van der Waals surface area contributed by atoms with Crippen molar-refractivity contribution in [1.82, 2.24) is 5.32 Å². The summed E-state index contributed by atoms with van der Waals surface area (Å²) in [6.07, 6.45) is 0.912. The molecule has 0 amide bonds. The van der Waals surface area contributed by atoms with Crippen LogP contribution in [0.2, 0.25) is 0 Å². The first-order valence-electron chi connectivity index (χ1n) is 5.63. The fourth-order valence-corrected chi connectivity index (χ4v) is 1.78. The molecule has 3 nitrogen and oxygen atoms in total. The molecule has 0 saturated carbocycles. The topological polar surface area (TPSA) is 38.3 Å². The first-order valence-corrected chi connectivity index (χ1v) is 5.63. The molecule has 1 aromatic carbocycles. The average Bonchev–Trinajstić information content (AvgIpc) is 2.35. The summed E-state index contributed by atoms with van der Waals surface area (Å²) in [6, 6.07) is 7.60. The van der Waals surface area contributed by atoms with Gasteiger partial charge in [-0.2, -0.15) is 0 Å². The van der Waals surface area contributed by atoms with E-state index < -0.39 is 0 Å². The van der Waals surface area contributed by atoms with Crippen LogP contribution >= 0.6 is 0 Å². The highest BCUT2D eigenvalue weighted by Gasteiger charge is 2.21. The third kappa shape index (κ3) is 2.83. The number of carbonyl (C=O) groups excluding carboxylic acids is 1. The molecule has 0 aliphatic heterocycles. The molecular weight excluding hydrogens is 202 g/mol. The number of carbonyl (C=O) groups is 1. The number of hydrogen-bond acceptors (Lipinski definition) is 3. The van der Waals surface area contributed by atoms with Gasteiger partial charge in [0.15, 0.2) is 0 Å². The number of benzene rings is 1. The maximum Gasteiger partial charge on any atom is 0.327 e. The highest BCUT2D eigenvalue weighted by atomic mass is 16.5. The Hall–Kier alpha value is -1.35. The van der Waals surface area contributed by atoms with Crippen molar-refractivity contribution in [3.05, 3.63) is 35.4 Å². The van der Waals surface area contributed by atoms with Crippen molar-refractivity contribution >= 4 is 5.97 Å². The number of ether oxygens (including phenoxy) is 1. The predicted molar refractivity (Wildman–Crippen MR) is 64.3 cm³/mol. The molecule has 0 aromatic heterocycles. The molecule has 1 rings (SSSR count). The minimum atomic E-state index is -0.355. The first-order chi connectivity index (χ1) is 7.74. The lowest BCUT2D eigenvalue weighted by Gasteiger charge is -2.18. The minimum Gasteiger partial charge on any atom is -0.468 e. The van der Waals surface area contributed by atoms with Crippen LogP contribution in [0.15, 0.2) is 24.3 Å². The second-order valence-corrected chi connectivity index (χ2v) is 3.57. The van der Waals surface area contributed by atoms with Crippen molar-refractivity contribution in [2.45, 2.75) is 26.3 Å². The highest BCUT2D eigenvalue weighted by molar-refractivity contribution is 5.78. The van der Waals surface area contributed by atoms with Gasteiger partial charge in [0, 0.05) is 0 Å². The Morgan fingerprint density at radius 1 is 1.38 bits per heavy atom. The molecule has 88 valence electrons. The van der Waals surface area contributed by atoms with Gasteiger partial charge in [-0.3, -0.25) is 0 Å². The van der Waals surface area contributed by atoms with Crippen molar-refractivity contribution in [3.63, 3.8) is 0 Å². The summed E-state index contributed by atoms with van der Waals surface area (Å²) in [4.78, 5) is 11.7. The molecule has 1 atom stereocenters. The van der Waals surface area contributed by atoms with Crippen molar-refractivity contribution in [2.75, 3.05) is 13.7 Å². The Balaban J connectivity index is 3.04. The van der Waals surface area contributed by atoms with Gasteiger partial charge in [0.25, 0.3) is 0 Å². The molecule has 0 saturated heterocycles. The zero-order valence-corrected chi connectivity index (χ0v) is 10.1. The van der Waals surface area contributed by atoms with Crippen LogP contribution < -0.4 is 5.32 Å². The number of hydrogen-bond donors (Lipinski definition) is 1. The van der Waals surface area contributed by atoms with E-state index in [1.165, 1.54) is 12.7 Å². The van der Waals surface area contributed by atoms with E-state index in [4.69, 9.17) is 4.74 Å². The number of nitrogens with one attached hydrogen (secondary N) is 1. The van der Waals surface area contributed by atoms with Gasteiger partial charge in [0.05, 0.1) is 7.11 Å². The maximum atomic E-state index is 11.7. The van der Waals surface area contributed by atoms with Gasteiger partial charge < -0.3 is 10.1 Å². The summed E-state index contributed by atoms with van der Waals surface area (Å²) in [5.74, 6) is -0.234. The summed E-state index contributed by atoms with van der Waals surface area (Å²) in [7, 11) is 1.42. The molecule has 0 radical (unpaired) electrons. The highest BCUT2D eigenvalue weighted by Crippen LogP contribution is 2.19. The van der Waals surface area contributed by atoms with Gasteiger partial charge >= 0.3 is 5.97 Å². The van der Waals surface area contributed by atoms with Gasteiger partial charge in [-0.25, -0.2) is 4.79 Å². The Morgan fingerprint density at radius 3 is 2.62 bits per heavy atom. The number of likely N-dealkylation sites (N-methyl/N-ethyl adjacent to an activating group) is 1. The summed E-state index contributed by atoms with van der Waals surface area (Å²) in [5, 5.41) is 3.15. The van der Waals surface area contributed by atoms with Crippen molar-refractivity contribution in [3.8, 4) is 0 Å². The lowest BCUT2D eigenvalue weighted by Crippen LogP contribution is -2.30. The summed E-state index contributed by atoms with van der Waals surface area (Å²) >= 11 is 0. The molecule has 0 fully saturated rings. The van der Waals surface area contributed by atoms with Crippen molar-refractivity contribution in [1.29, 1.82) is 0 Å². The summed E-state index contributed by atoms with van der Waals surface area (Å²) in [5.41, 5.74) is 2.19. The molecule has 0 spiro atoms. The average molecular weight is 221 g/mol. The fourth-order valence-electron chi connectivity index (χ4n) is 1.78. The van der Waals surface area contributed by atoms with Crippen LogP contribution in [-0.4, -0.2) is 19.6 Å². The predicted octanol–water partition coefficient (Wildman–Crippen LogP) is 2.07. The van der Waals surface area contributed by atoms with Crippen LogP contribution in [0.25, 0.3) is 0 Å². The molecule has 3 heteroatoms. The number of esters is 1. The van der Waals surface area contributed by atoms with Gasteiger partial charge in [0.1, 0.15) is 6.04 Å². The standard InChI is InChI=1S/C13H19NO2/c1-4-10-8-6-7-9-11(10)12(14-5-2)13(15)16-3/h6-9,12,14H,4-5H2,1-3H3. The van der Waals surface area contributed by atoms with Gasteiger partial charge in [-0.15, -0.1) is 0 Å².